The highest BCUT2D eigenvalue weighted by molar-refractivity contribution is 5.76. The van der Waals surface area contributed by atoms with E-state index in [-0.39, 0.29) is 10.9 Å². The van der Waals surface area contributed by atoms with Gasteiger partial charge in [-0.25, -0.2) is 0 Å². The van der Waals surface area contributed by atoms with Gasteiger partial charge < -0.3 is 9.80 Å². The van der Waals surface area contributed by atoms with Crippen LogP contribution in [0.15, 0.2) is 9.59 Å². The second-order valence-electron chi connectivity index (χ2n) is 5.13. The topological polar surface area (TPSA) is 40.6 Å². The van der Waals surface area contributed by atoms with Gasteiger partial charge in [0.2, 0.25) is 0 Å². The molecule has 0 bridgehead atoms. The summed E-state index contributed by atoms with van der Waals surface area (Å²) in [6, 6.07) is 0. The van der Waals surface area contributed by atoms with Gasteiger partial charge in [-0.3, -0.25) is 9.59 Å². The van der Waals surface area contributed by atoms with E-state index >= 15 is 0 Å². The standard InChI is InChI=1S/C14H24N2O2/c1-6-16(7-2)12-11(13(17)14(12)18)15(5)9-8-10(3)4/h10H,6-9H2,1-5H3. The van der Waals surface area contributed by atoms with E-state index in [9.17, 15) is 9.59 Å². The molecule has 1 aromatic rings. The number of rotatable bonds is 7. The summed E-state index contributed by atoms with van der Waals surface area (Å²) in [4.78, 5) is 27.3. The van der Waals surface area contributed by atoms with Crippen LogP contribution in [0.3, 0.4) is 0 Å². The monoisotopic (exact) mass is 252 g/mol. The fourth-order valence-electron chi connectivity index (χ4n) is 2.12. The van der Waals surface area contributed by atoms with E-state index in [1.165, 1.54) is 0 Å². The number of anilines is 2. The molecule has 0 aliphatic carbocycles. The molecule has 1 aromatic carbocycles. The molecule has 0 amide bonds. The largest absolute Gasteiger partial charge is 0.370 e. The zero-order valence-electron chi connectivity index (χ0n) is 12.1. The molecule has 0 aromatic heterocycles. The third kappa shape index (κ3) is 2.74. The van der Waals surface area contributed by atoms with Gasteiger partial charge in [0.1, 0.15) is 11.4 Å². The zero-order valence-corrected chi connectivity index (χ0v) is 12.1. The second kappa shape index (κ2) is 6.03. The molecule has 4 heteroatoms. The molecule has 0 aliphatic rings. The molecule has 1 rings (SSSR count). The average Bonchev–Trinajstić information content (AvgIpc) is 2.35. The van der Waals surface area contributed by atoms with Crippen LogP contribution >= 0.6 is 0 Å². The summed E-state index contributed by atoms with van der Waals surface area (Å²) in [6.07, 6.45) is 1.02. The molecule has 0 unspecified atom stereocenters. The van der Waals surface area contributed by atoms with Crippen molar-refractivity contribution in [2.75, 3.05) is 36.5 Å². The predicted molar refractivity (Wildman–Crippen MR) is 77.6 cm³/mol. The summed E-state index contributed by atoms with van der Waals surface area (Å²) in [5.41, 5.74) is 0.550. The van der Waals surface area contributed by atoms with Crippen LogP contribution in [0.25, 0.3) is 0 Å². The van der Waals surface area contributed by atoms with E-state index in [2.05, 4.69) is 13.8 Å². The maximum absolute atomic E-state index is 11.7. The average molecular weight is 252 g/mol. The Morgan fingerprint density at radius 3 is 1.94 bits per heavy atom. The third-order valence-corrected chi connectivity index (χ3v) is 3.36. The van der Waals surface area contributed by atoms with Crippen LogP contribution in [0.1, 0.15) is 34.1 Å². The molecule has 18 heavy (non-hydrogen) atoms. The smallest absolute Gasteiger partial charge is 0.253 e. The molecular weight excluding hydrogens is 228 g/mol. The molecule has 0 atom stereocenters. The van der Waals surface area contributed by atoms with Gasteiger partial charge in [0.25, 0.3) is 10.9 Å². The molecule has 0 fully saturated rings. The first-order valence-corrected chi connectivity index (χ1v) is 6.73. The SMILES string of the molecule is CCN(CC)c1c(N(C)CCC(C)C)c(=O)c1=O. The maximum Gasteiger partial charge on any atom is 0.253 e. The van der Waals surface area contributed by atoms with Crippen molar-refractivity contribution in [1.29, 1.82) is 0 Å². The summed E-state index contributed by atoms with van der Waals surface area (Å²) in [7, 11) is 1.89. The zero-order chi connectivity index (χ0) is 13.9. The number of nitrogens with zero attached hydrogens (tertiary/aromatic N) is 2. The van der Waals surface area contributed by atoms with E-state index in [1.54, 1.807) is 0 Å². The minimum Gasteiger partial charge on any atom is -0.370 e. The van der Waals surface area contributed by atoms with Crippen molar-refractivity contribution in [3.63, 3.8) is 0 Å². The Bertz CT molecular complexity index is 454. The van der Waals surface area contributed by atoms with Crippen LogP contribution in [0.2, 0.25) is 0 Å². The first-order chi connectivity index (χ1) is 8.43. The molecular formula is C14H24N2O2. The van der Waals surface area contributed by atoms with Crippen molar-refractivity contribution in [3.05, 3.63) is 20.4 Å². The Kier molecular flexibility index (Phi) is 4.93. The van der Waals surface area contributed by atoms with Crippen LogP contribution in [0.4, 0.5) is 11.4 Å². The number of hydrogen-bond acceptors (Lipinski definition) is 4. The highest BCUT2D eigenvalue weighted by Crippen LogP contribution is 2.23. The first kappa shape index (κ1) is 14.7. The van der Waals surface area contributed by atoms with Crippen LogP contribution in [-0.2, 0) is 0 Å². The molecule has 0 saturated carbocycles. The summed E-state index contributed by atoms with van der Waals surface area (Å²) in [5.74, 6) is 0.593. The van der Waals surface area contributed by atoms with Crippen LogP contribution in [-0.4, -0.2) is 26.7 Å². The molecule has 102 valence electrons. The number of hydrogen-bond donors (Lipinski definition) is 0. The normalized spacial score (nSPS) is 11.2. The lowest BCUT2D eigenvalue weighted by atomic mass is 10.1. The van der Waals surface area contributed by atoms with Gasteiger partial charge in [0, 0.05) is 26.7 Å². The Morgan fingerprint density at radius 1 is 1.00 bits per heavy atom. The van der Waals surface area contributed by atoms with E-state index < -0.39 is 0 Å². The highest BCUT2D eigenvalue weighted by atomic mass is 16.2. The van der Waals surface area contributed by atoms with Gasteiger partial charge in [-0.05, 0) is 26.2 Å². The highest BCUT2D eigenvalue weighted by Gasteiger charge is 2.27. The van der Waals surface area contributed by atoms with Crippen molar-refractivity contribution < 1.29 is 0 Å². The van der Waals surface area contributed by atoms with Gasteiger partial charge in [-0.2, -0.15) is 0 Å². The maximum atomic E-state index is 11.7. The van der Waals surface area contributed by atoms with Crippen LogP contribution in [0, 0.1) is 5.92 Å². The summed E-state index contributed by atoms with van der Waals surface area (Å²) < 4.78 is 0. The van der Waals surface area contributed by atoms with Crippen molar-refractivity contribution in [2.45, 2.75) is 34.1 Å². The van der Waals surface area contributed by atoms with Crippen molar-refractivity contribution in [3.8, 4) is 0 Å². The summed E-state index contributed by atoms with van der Waals surface area (Å²) >= 11 is 0. The summed E-state index contributed by atoms with van der Waals surface area (Å²) in [6.45, 7) is 10.6. The molecule has 0 aliphatic heterocycles. The molecule has 0 spiro atoms. The van der Waals surface area contributed by atoms with E-state index in [0.717, 1.165) is 26.1 Å². The predicted octanol–water partition coefficient (Wildman–Crippen LogP) is 1.61. The molecule has 0 saturated heterocycles. The Morgan fingerprint density at radius 2 is 1.50 bits per heavy atom. The van der Waals surface area contributed by atoms with Gasteiger partial charge in [-0.1, -0.05) is 13.8 Å². The third-order valence-electron chi connectivity index (χ3n) is 3.36. The van der Waals surface area contributed by atoms with Crippen LogP contribution < -0.4 is 20.7 Å². The minimum atomic E-state index is -0.330. The lowest BCUT2D eigenvalue weighted by molar-refractivity contribution is 0.584. The Balaban J connectivity index is 2.92. The van der Waals surface area contributed by atoms with Gasteiger partial charge >= 0.3 is 0 Å². The van der Waals surface area contributed by atoms with Crippen molar-refractivity contribution >= 4 is 11.4 Å². The van der Waals surface area contributed by atoms with Gasteiger partial charge in [0.05, 0.1) is 0 Å². The quantitative estimate of drug-likeness (QED) is 0.691. The van der Waals surface area contributed by atoms with Crippen molar-refractivity contribution in [1.82, 2.24) is 0 Å². The molecule has 0 radical (unpaired) electrons. The van der Waals surface area contributed by atoms with Gasteiger partial charge in [0.15, 0.2) is 0 Å². The van der Waals surface area contributed by atoms with Crippen LogP contribution in [0.5, 0.6) is 0 Å². The first-order valence-electron chi connectivity index (χ1n) is 6.73. The van der Waals surface area contributed by atoms with E-state index in [4.69, 9.17) is 0 Å². The Labute approximate surface area is 109 Å². The Hall–Kier alpha value is -1.32. The van der Waals surface area contributed by atoms with E-state index in [1.807, 2.05) is 30.7 Å². The molecule has 0 heterocycles. The lowest BCUT2D eigenvalue weighted by Crippen LogP contribution is -2.45. The van der Waals surface area contributed by atoms with Gasteiger partial charge in [-0.15, -0.1) is 0 Å². The lowest BCUT2D eigenvalue weighted by Gasteiger charge is -2.29. The second-order valence-corrected chi connectivity index (χ2v) is 5.13. The minimum absolute atomic E-state index is 0.329. The fourth-order valence-corrected chi connectivity index (χ4v) is 2.12. The molecule has 4 nitrogen and oxygen atoms in total. The van der Waals surface area contributed by atoms with E-state index in [0.29, 0.717) is 17.3 Å². The fraction of sp³-hybridized carbons (Fsp3) is 0.714. The summed E-state index contributed by atoms with van der Waals surface area (Å²) in [5, 5.41) is 0. The molecule has 0 N–H and O–H groups in total. The van der Waals surface area contributed by atoms with Crippen molar-refractivity contribution in [2.24, 2.45) is 5.92 Å².